The number of hydrogen-bond donors (Lipinski definition) is 1. The highest BCUT2D eigenvalue weighted by molar-refractivity contribution is 9.10. The predicted molar refractivity (Wildman–Crippen MR) is 99.4 cm³/mol. The van der Waals surface area contributed by atoms with Crippen molar-refractivity contribution in [3.63, 3.8) is 0 Å². The number of hydrogen-bond acceptors (Lipinski definition) is 3. The van der Waals surface area contributed by atoms with Gasteiger partial charge in [-0.25, -0.2) is 0 Å². The van der Waals surface area contributed by atoms with E-state index in [0.29, 0.717) is 6.42 Å². The molecule has 4 atom stereocenters. The van der Waals surface area contributed by atoms with Gasteiger partial charge in [-0.05, 0) is 68.6 Å². The summed E-state index contributed by atoms with van der Waals surface area (Å²) < 4.78 is 5.61. The quantitative estimate of drug-likeness (QED) is 0.546. The maximum atomic E-state index is 12.4. The van der Waals surface area contributed by atoms with Crippen LogP contribution in [0.25, 0.3) is 0 Å². The van der Waals surface area contributed by atoms with Gasteiger partial charge in [0.2, 0.25) is 0 Å². The van der Waals surface area contributed by atoms with E-state index in [0.717, 1.165) is 31.1 Å². The van der Waals surface area contributed by atoms with Crippen LogP contribution in [-0.4, -0.2) is 28.8 Å². The summed E-state index contributed by atoms with van der Waals surface area (Å²) in [6.45, 7) is -0.113. The lowest BCUT2D eigenvalue weighted by molar-refractivity contribution is -0.154. The molecule has 5 fully saturated rings. The summed E-state index contributed by atoms with van der Waals surface area (Å²) in [7, 11) is 0. The first-order chi connectivity index (χ1) is 11.9. The normalized spacial score (nSPS) is 40.0. The molecule has 5 saturated carbocycles. The lowest BCUT2D eigenvalue weighted by Crippen LogP contribution is -2.53. The Bertz CT molecular complexity index is 529. The minimum atomic E-state index is -0.183. The molecule has 2 unspecified atom stereocenters. The van der Waals surface area contributed by atoms with Crippen molar-refractivity contribution in [3.8, 4) is 0 Å². The molecule has 1 N–H and O–H groups in total. The Kier molecular flexibility index (Phi) is 4.89. The minimum Gasteiger partial charge on any atom is -0.456 e. The zero-order chi connectivity index (χ0) is 17.5. The van der Waals surface area contributed by atoms with Crippen LogP contribution in [0.5, 0.6) is 0 Å². The number of amides is 1. The van der Waals surface area contributed by atoms with Crippen LogP contribution < -0.4 is 5.32 Å². The third-order valence-electron chi connectivity index (χ3n) is 6.96. The Morgan fingerprint density at radius 1 is 1.04 bits per heavy atom. The molecule has 0 saturated heterocycles. The number of halogens is 1. The zero-order valence-corrected chi connectivity index (χ0v) is 16.6. The van der Waals surface area contributed by atoms with Crippen molar-refractivity contribution in [3.05, 3.63) is 0 Å². The van der Waals surface area contributed by atoms with Gasteiger partial charge in [0.1, 0.15) is 0 Å². The molecule has 0 aromatic heterocycles. The van der Waals surface area contributed by atoms with E-state index in [1.807, 2.05) is 0 Å². The van der Waals surface area contributed by atoms with Gasteiger partial charge < -0.3 is 10.1 Å². The number of esters is 1. The Balaban J connectivity index is 1.25. The molecule has 25 heavy (non-hydrogen) atoms. The number of carbonyl (C=O) groups is 2. The fourth-order valence-corrected chi connectivity index (χ4v) is 8.07. The van der Waals surface area contributed by atoms with Gasteiger partial charge in [0, 0.05) is 10.4 Å². The van der Waals surface area contributed by atoms with E-state index in [9.17, 15) is 9.59 Å². The fraction of sp³-hybridized carbons (Fsp3) is 0.900. The number of carbonyl (C=O) groups excluding carboxylic acids is 2. The first-order valence-corrected chi connectivity index (χ1v) is 10.9. The van der Waals surface area contributed by atoms with E-state index in [-0.39, 0.29) is 34.3 Å². The molecule has 1 amide bonds. The molecule has 0 aromatic carbocycles. The number of ether oxygens (including phenoxy) is 1. The predicted octanol–water partition coefficient (Wildman–Crippen LogP) is 4.10. The third kappa shape index (κ3) is 4.06. The summed E-state index contributed by atoms with van der Waals surface area (Å²) in [5, 5.41) is 3.02. The van der Waals surface area contributed by atoms with Crippen LogP contribution in [0.4, 0.5) is 0 Å². The maximum Gasteiger partial charge on any atom is 0.306 e. The molecule has 5 heteroatoms. The van der Waals surface area contributed by atoms with Gasteiger partial charge in [-0.1, -0.05) is 35.2 Å². The fourth-order valence-electron chi connectivity index (χ4n) is 6.56. The lowest BCUT2D eigenvalue weighted by Gasteiger charge is -2.60. The van der Waals surface area contributed by atoms with Crippen molar-refractivity contribution in [2.24, 2.45) is 17.3 Å². The summed E-state index contributed by atoms with van der Waals surface area (Å²) in [6.07, 6.45) is 13.5. The van der Waals surface area contributed by atoms with E-state index in [4.69, 9.17) is 4.74 Å². The van der Waals surface area contributed by atoms with Crippen molar-refractivity contribution in [2.45, 2.75) is 87.4 Å². The molecule has 4 bridgehead atoms. The van der Waals surface area contributed by atoms with E-state index in [1.54, 1.807) is 0 Å². The van der Waals surface area contributed by atoms with Gasteiger partial charge in [-0.2, -0.15) is 0 Å². The van der Waals surface area contributed by atoms with Gasteiger partial charge in [0.25, 0.3) is 5.91 Å². The molecule has 0 spiro atoms. The molecule has 0 aliphatic heterocycles. The Hall–Kier alpha value is -0.580. The van der Waals surface area contributed by atoms with Gasteiger partial charge in [0.05, 0.1) is 6.42 Å². The topological polar surface area (TPSA) is 55.4 Å². The van der Waals surface area contributed by atoms with Crippen molar-refractivity contribution >= 4 is 27.8 Å². The van der Waals surface area contributed by atoms with Crippen LogP contribution >= 0.6 is 15.9 Å². The second-order valence-corrected chi connectivity index (χ2v) is 11.0. The van der Waals surface area contributed by atoms with Crippen molar-refractivity contribution in [1.82, 2.24) is 5.32 Å². The maximum absolute atomic E-state index is 12.4. The van der Waals surface area contributed by atoms with E-state index < -0.39 is 0 Å². The summed E-state index contributed by atoms with van der Waals surface area (Å²) >= 11 is 3.98. The highest BCUT2D eigenvalue weighted by Crippen LogP contribution is 2.65. The van der Waals surface area contributed by atoms with Crippen LogP contribution in [0.2, 0.25) is 0 Å². The molecule has 0 aromatic rings. The highest BCUT2D eigenvalue weighted by atomic mass is 79.9. The molecule has 140 valence electrons. The average molecular weight is 412 g/mol. The van der Waals surface area contributed by atoms with Crippen LogP contribution in [-0.2, 0) is 14.3 Å². The standard InChI is InChI=1S/C20H30BrNO3/c21-20-9-14-6-15(10-20)8-19(7-14,13-20)11-18(24)25-12-17(23)22-16-4-2-1-3-5-16/h14-16H,1-13H2,(H,22,23)/t14-,15+,19?,20?. The van der Waals surface area contributed by atoms with Crippen LogP contribution in [0.15, 0.2) is 0 Å². The van der Waals surface area contributed by atoms with Crippen molar-refractivity contribution in [2.75, 3.05) is 6.61 Å². The lowest BCUT2D eigenvalue weighted by atomic mass is 9.49. The van der Waals surface area contributed by atoms with Gasteiger partial charge in [-0.3, -0.25) is 9.59 Å². The summed E-state index contributed by atoms with van der Waals surface area (Å²) in [5.74, 6) is 1.21. The monoisotopic (exact) mass is 411 g/mol. The molecule has 5 aliphatic rings. The highest BCUT2D eigenvalue weighted by Gasteiger charge is 2.57. The second kappa shape index (κ2) is 6.86. The third-order valence-corrected chi connectivity index (χ3v) is 7.89. The van der Waals surface area contributed by atoms with E-state index in [1.165, 1.54) is 51.4 Å². The molecular formula is C20H30BrNO3. The molecule has 4 nitrogen and oxygen atoms in total. The molecule has 0 heterocycles. The smallest absolute Gasteiger partial charge is 0.306 e. The zero-order valence-electron chi connectivity index (χ0n) is 15.0. The van der Waals surface area contributed by atoms with Crippen molar-refractivity contribution < 1.29 is 14.3 Å². The number of rotatable bonds is 5. The summed E-state index contributed by atoms with van der Waals surface area (Å²) in [5.41, 5.74) is 0.116. The molecular weight excluding hydrogens is 382 g/mol. The van der Waals surface area contributed by atoms with Crippen LogP contribution in [0.1, 0.15) is 77.0 Å². The molecule has 0 radical (unpaired) electrons. The first kappa shape index (κ1) is 17.8. The number of nitrogens with one attached hydrogen (secondary N) is 1. The van der Waals surface area contributed by atoms with Gasteiger partial charge in [-0.15, -0.1) is 0 Å². The van der Waals surface area contributed by atoms with Gasteiger partial charge >= 0.3 is 5.97 Å². The second-order valence-electron chi connectivity index (χ2n) is 9.35. The minimum absolute atomic E-state index is 0.113. The Morgan fingerprint density at radius 2 is 1.72 bits per heavy atom. The van der Waals surface area contributed by atoms with E-state index >= 15 is 0 Å². The summed E-state index contributed by atoms with van der Waals surface area (Å²) in [6, 6.07) is 0.274. The van der Waals surface area contributed by atoms with Gasteiger partial charge in [0.15, 0.2) is 6.61 Å². The number of alkyl halides is 1. The largest absolute Gasteiger partial charge is 0.456 e. The Labute approximate surface area is 159 Å². The first-order valence-electron chi connectivity index (χ1n) is 10.1. The summed E-state index contributed by atoms with van der Waals surface area (Å²) in [4.78, 5) is 24.4. The van der Waals surface area contributed by atoms with Crippen LogP contribution in [0, 0.1) is 17.3 Å². The molecule has 5 rings (SSSR count). The SMILES string of the molecule is O=C(COC(=O)CC12C[C@@H]3C[C@@H](CC(Br)(C3)C1)C2)NC1CCCCC1. The average Bonchev–Trinajstić information content (AvgIpc) is 2.51. The Morgan fingerprint density at radius 3 is 2.36 bits per heavy atom. The van der Waals surface area contributed by atoms with Crippen LogP contribution in [0.3, 0.4) is 0 Å². The van der Waals surface area contributed by atoms with E-state index in [2.05, 4.69) is 21.2 Å². The van der Waals surface area contributed by atoms with Crippen molar-refractivity contribution in [1.29, 1.82) is 0 Å². The molecule has 5 aliphatic carbocycles.